The Labute approximate surface area is 150 Å². The van der Waals surface area contributed by atoms with Crippen molar-refractivity contribution in [1.82, 2.24) is 19.1 Å². The highest BCUT2D eigenvalue weighted by atomic mass is 35.5. The second kappa shape index (κ2) is 7.36. The van der Waals surface area contributed by atoms with Gasteiger partial charge in [0, 0.05) is 19.5 Å². The molecule has 0 amide bonds. The molecule has 1 aliphatic rings. The Bertz CT molecular complexity index is 872. The molecule has 0 bridgehead atoms. The van der Waals surface area contributed by atoms with Crippen LogP contribution >= 0.6 is 11.6 Å². The van der Waals surface area contributed by atoms with Crippen molar-refractivity contribution >= 4 is 21.6 Å². The monoisotopic (exact) mass is 388 g/mol. The molecule has 0 atom stereocenters. The highest BCUT2D eigenvalue weighted by molar-refractivity contribution is 7.88. The average molecular weight is 389 g/mol. The summed E-state index contributed by atoms with van der Waals surface area (Å²) in [6, 6.07) is 4.33. The zero-order valence-corrected chi connectivity index (χ0v) is 15.2. The Morgan fingerprint density at radius 3 is 2.88 bits per heavy atom. The van der Waals surface area contributed by atoms with Gasteiger partial charge in [-0.25, -0.2) is 12.8 Å². The van der Waals surface area contributed by atoms with E-state index in [1.165, 1.54) is 16.4 Å². The standard InChI is InChI=1S/C15H18ClFN4O3S/c1-25(22,23)20(9-11-3-2-4-12(17)15(11)16)10-14-19-18-13-5-7-24-8-6-21(13)14/h2-4H,5-10H2,1H3. The third kappa shape index (κ3) is 4.17. The van der Waals surface area contributed by atoms with E-state index < -0.39 is 15.8 Å². The molecule has 136 valence electrons. The molecular weight excluding hydrogens is 371 g/mol. The highest BCUT2D eigenvalue weighted by Crippen LogP contribution is 2.23. The number of benzene rings is 1. The largest absolute Gasteiger partial charge is 0.379 e. The molecule has 0 N–H and O–H groups in total. The smallest absolute Gasteiger partial charge is 0.211 e. The van der Waals surface area contributed by atoms with Crippen LogP contribution in [-0.2, 0) is 40.8 Å². The molecule has 0 saturated heterocycles. The van der Waals surface area contributed by atoms with Gasteiger partial charge in [-0.15, -0.1) is 10.2 Å². The minimum atomic E-state index is -3.56. The van der Waals surface area contributed by atoms with Gasteiger partial charge in [-0.1, -0.05) is 23.7 Å². The molecule has 1 aromatic heterocycles. The Balaban J connectivity index is 1.88. The molecule has 1 aliphatic heterocycles. The van der Waals surface area contributed by atoms with Crippen molar-refractivity contribution in [2.24, 2.45) is 0 Å². The first-order chi connectivity index (χ1) is 11.9. The van der Waals surface area contributed by atoms with E-state index >= 15 is 0 Å². The number of nitrogens with zero attached hydrogens (tertiary/aromatic N) is 4. The van der Waals surface area contributed by atoms with Gasteiger partial charge in [0.15, 0.2) is 0 Å². The molecule has 0 radical (unpaired) electrons. The molecular formula is C15H18ClFN4O3S. The number of halogens is 2. The van der Waals surface area contributed by atoms with Gasteiger partial charge >= 0.3 is 0 Å². The maximum atomic E-state index is 13.6. The first-order valence-corrected chi connectivity index (χ1v) is 9.95. The fraction of sp³-hybridized carbons (Fsp3) is 0.467. The number of ether oxygens (including phenoxy) is 1. The zero-order valence-electron chi connectivity index (χ0n) is 13.7. The number of fused-ring (bicyclic) bond motifs is 1. The summed E-state index contributed by atoms with van der Waals surface area (Å²) in [4.78, 5) is 0. The second-order valence-electron chi connectivity index (χ2n) is 5.79. The average Bonchev–Trinajstić information content (AvgIpc) is 2.77. The third-order valence-corrected chi connectivity index (χ3v) is 5.62. The summed E-state index contributed by atoms with van der Waals surface area (Å²) in [7, 11) is -3.56. The van der Waals surface area contributed by atoms with Crippen LogP contribution < -0.4 is 0 Å². The molecule has 2 aromatic rings. The SMILES string of the molecule is CS(=O)(=O)N(Cc1cccc(F)c1Cl)Cc1nnc2n1CCOCC2. The first-order valence-electron chi connectivity index (χ1n) is 7.73. The lowest BCUT2D eigenvalue weighted by Gasteiger charge is -2.20. The van der Waals surface area contributed by atoms with Crippen molar-refractivity contribution in [3.8, 4) is 0 Å². The van der Waals surface area contributed by atoms with Crippen LogP contribution in [0.4, 0.5) is 4.39 Å². The number of hydrogen-bond donors (Lipinski definition) is 0. The van der Waals surface area contributed by atoms with E-state index in [2.05, 4.69) is 10.2 Å². The molecule has 0 fully saturated rings. The Morgan fingerprint density at radius 1 is 1.32 bits per heavy atom. The Kier molecular flexibility index (Phi) is 5.38. The van der Waals surface area contributed by atoms with E-state index in [0.717, 1.165) is 12.1 Å². The zero-order chi connectivity index (χ0) is 18.0. The quantitative estimate of drug-likeness (QED) is 0.777. The van der Waals surface area contributed by atoms with Gasteiger partial charge in [0.2, 0.25) is 10.0 Å². The number of hydrogen-bond acceptors (Lipinski definition) is 5. The van der Waals surface area contributed by atoms with Crippen molar-refractivity contribution in [1.29, 1.82) is 0 Å². The van der Waals surface area contributed by atoms with Crippen LogP contribution in [0.5, 0.6) is 0 Å². The molecule has 0 aliphatic carbocycles. The van der Waals surface area contributed by atoms with Crippen molar-refractivity contribution < 1.29 is 17.5 Å². The maximum absolute atomic E-state index is 13.6. The van der Waals surface area contributed by atoms with Gasteiger partial charge in [0.25, 0.3) is 0 Å². The van der Waals surface area contributed by atoms with Gasteiger partial charge in [-0.05, 0) is 11.6 Å². The topological polar surface area (TPSA) is 77.3 Å². The number of rotatable bonds is 5. The second-order valence-corrected chi connectivity index (χ2v) is 8.15. The number of sulfonamides is 1. The molecule has 0 saturated carbocycles. The van der Waals surface area contributed by atoms with E-state index in [1.54, 1.807) is 6.07 Å². The van der Waals surface area contributed by atoms with E-state index in [-0.39, 0.29) is 18.1 Å². The van der Waals surface area contributed by atoms with E-state index in [0.29, 0.717) is 37.6 Å². The van der Waals surface area contributed by atoms with Crippen LogP contribution in [0.15, 0.2) is 18.2 Å². The van der Waals surface area contributed by atoms with Crippen LogP contribution in [0.2, 0.25) is 5.02 Å². The Morgan fingerprint density at radius 2 is 2.12 bits per heavy atom. The minimum absolute atomic E-state index is 0.0265. The molecule has 10 heteroatoms. The lowest BCUT2D eigenvalue weighted by atomic mass is 10.2. The molecule has 2 heterocycles. The minimum Gasteiger partial charge on any atom is -0.379 e. The van der Waals surface area contributed by atoms with E-state index in [4.69, 9.17) is 16.3 Å². The normalized spacial score (nSPS) is 15.2. The summed E-state index contributed by atoms with van der Waals surface area (Å²) in [5.74, 6) is 0.712. The molecule has 7 nitrogen and oxygen atoms in total. The lowest BCUT2D eigenvalue weighted by molar-refractivity contribution is 0.139. The first kappa shape index (κ1) is 18.2. The summed E-state index contributed by atoms with van der Waals surface area (Å²) in [6.45, 7) is 1.63. The summed E-state index contributed by atoms with van der Waals surface area (Å²) < 4.78 is 46.5. The van der Waals surface area contributed by atoms with Crippen molar-refractivity contribution in [2.45, 2.75) is 26.1 Å². The van der Waals surface area contributed by atoms with Crippen molar-refractivity contribution in [3.63, 3.8) is 0 Å². The fourth-order valence-electron chi connectivity index (χ4n) is 2.66. The third-order valence-electron chi connectivity index (χ3n) is 4.00. The summed E-state index contributed by atoms with van der Waals surface area (Å²) in [6.07, 6.45) is 1.73. The maximum Gasteiger partial charge on any atom is 0.211 e. The van der Waals surface area contributed by atoms with Gasteiger partial charge in [-0.2, -0.15) is 4.31 Å². The van der Waals surface area contributed by atoms with Gasteiger partial charge in [0.05, 0.1) is 31.0 Å². The van der Waals surface area contributed by atoms with Crippen molar-refractivity contribution in [2.75, 3.05) is 19.5 Å². The van der Waals surface area contributed by atoms with Gasteiger partial charge in [-0.3, -0.25) is 0 Å². The summed E-state index contributed by atoms with van der Waals surface area (Å²) >= 11 is 5.96. The van der Waals surface area contributed by atoms with Crippen LogP contribution in [0.3, 0.4) is 0 Å². The van der Waals surface area contributed by atoms with Gasteiger partial charge in [0.1, 0.15) is 17.5 Å². The van der Waals surface area contributed by atoms with E-state index in [1.807, 2.05) is 4.57 Å². The van der Waals surface area contributed by atoms with E-state index in [9.17, 15) is 12.8 Å². The molecule has 0 spiro atoms. The molecule has 0 unspecified atom stereocenters. The fourth-order valence-corrected chi connectivity index (χ4v) is 3.57. The van der Waals surface area contributed by atoms with Crippen LogP contribution in [0, 0.1) is 5.82 Å². The van der Waals surface area contributed by atoms with Crippen LogP contribution in [0.25, 0.3) is 0 Å². The molecule has 25 heavy (non-hydrogen) atoms. The van der Waals surface area contributed by atoms with Crippen LogP contribution in [-0.4, -0.2) is 47.0 Å². The van der Waals surface area contributed by atoms with Crippen molar-refractivity contribution in [3.05, 3.63) is 46.3 Å². The summed E-state index contributed by atoms with van der Waals surface area (Å²) in [5.41, 5.74) is 0.394. The number of aromatic nitrogens is 3. The Hall–Kier alpha value is -1.55. The summed E-state index contributed by atoms with van der Waals surface area (Å²) in [5, 5.41) is 8.16. The predicted octanol–water partition coefficient (Wildman–Crippen LogP) is 1.61. The predicted molar refractivity (Wildman–Crippen MR) is 90.0 cm³/mol. The van der Waals surface area contributed by atoms with Crippen LogP contribution in [0.1, 0.15) is 17.2 Å². The molecule has 1 aromatic carbocycles. The highest BCUT2D eigenvalue weighted by Gasteiger charge is 2.24. The van der Waals surface area contributed by atoms with Gasteiger partial charge < -0.3 is 9.30 Å². The molecule has 3 rings (SSSR count). The lowest BCUT2D eigenvalue weighted by Crippen LogP contribution is -2.31.